The monoisotopic (exact) mass is 426 g/mol. The van der Waals surface area contributed by atoms with Crippen LogP contribution in [0.3, 0.4) is 0 Å². The molecule has 0 aliphatic rings. The van der Waals surface area contributed by atoms with Crippen molar-refractivity contribution in [2.75, 3.05) is 11.9 Å². The summed E-state index contributed by atoms with van der Waals surface area (Å²) < 4.78 is 0. The molecule has 6 nitrogen and oxygen atoms in total. The Morgan fingerprint density at radius 1 is 1.07 bits per heavy atom. The second kappa shape index (κ2) is 12.3. The Hall–Kier alpha value is -2.15. The molecule has 0 bridgehead atoms. The van der Waals surface area contributed by atoms with Crippen molar-refractivity contribution < 1.29 is 9.59 Å². The third-order valence-corrected chi connectivity index (χ3v) is 4.76. The quantitative estimate of drug-likeness (QED) is 0.600. The van der Waals surface area contributed by atoms with E-state index in [-0.39, 0.29) is 36.6 Å². The first kappa shape index (κ1) is 25.9. The molecular formula is C20H28Cl2N4O2. The molecule has 0 radical (unpaired) electrons. The topological polar surface area (TPSA) is 97.1 Å². The van der Waals surface area contributed by atoms with Crippen molar-refractivity contribution >= 4 is 42.3 Å². The highest BCUT2D eigenvalue weighted by Gasteiger charge is 2.32. The molecule has 0 unspecified atom stereocenters. The van der Waals surface area contributed by atoms with E-state index in [0.29, 0.717) is 37.3 Å². The van der Waals surface area contributed by atoms with Crippen LogP contribution < -0.4 is 16.4 Å². The van der Waals surface area contributed by atoms with Gasteiger partial charge in [0.05, 0.1) is 5.41 Å². The first-order valence-corrected chi connectivity index (χ1v) is 8.84. The van der Waals surface area contributed by atoms with Gasteiger partial charge in [-0.3, -0.25) is 14.6 Å². The molecule has 2 amide bonds. The van der Waals surface area contributed by atoms with Gasteiger partial charge < -0.3 is 16.4 Å². The molecule has 0 saturated carbocycles. The highest BCUT2D eigenvalue weighted by Crippen LogP contribution is 2.25. The first-order valence-electron chi connectivity index (χ1n) is 8.84. The number of anilines is 1. The molecule has 0 fully saturated rings. The van der Waals surface area contributed by atoms with Gasteiger partial charge >= 0.3 is 0 Å². The maximum absolute atomic E-state index is 12.5. The highest BCUT2D eigenvalue weighted by molar-refractivity contribution is 6.02. The van der Waals surface area contributed by atoms with Gasteiger partial charge in [-0.05, 0) is 42.7 Å². The minimum Gasteiger partial charge on any atom is -0.352 e. The minimum atomic E-state index is -0.523. The summed E-state index contributed by atoms with van der Waals surface area (Å²) in [5.74, 6) is -0.307. The lowest BCUT2D eigenvalue weighted by atomic mass is 9.81. The SMILES string of the molecule is CCC(CC)(CN)C(=O)NCc1cccc(NC(=O)c2ccccn2)c1.Cl.Cl. The molecule has 2 rings (SSSR count). The molecule has 0 spiro atoms. The number of halogens is 2. The molecule has 1 aromatic heterocycles. The van der Waals surface area contributed by atoms with Crippen LogP contribution in [0.4, 0.5) is 5.69 Å². The van der Waals surface area contributed by atoms with Gasteiger partial charge in [0.25, 0.3) is 5.91 Å². The second-order valence-corrected chi connectivity index (χ2v) is 6.24. The van der Waals surface area contributed by atoms with Gasteiger partial charge in [-0.15, -0.1) is 24.8 Å². The van der Waals surface area contributed by atoms with Crippen molar-refractivity contribution in [2.24, 2.45) is 11.1 Å². The number of carbonyl (C=O) groups excluding carboxylic acids is 2. The van der Waals surface area contributed by atoms with Crippen LogP contribution in [0.1, 0.15) is 42.7 Å². The summed E-state index contributed by atoms with van der Waals surface area (Å²) in [6, 6.07) is 12.6. The molecule has 1 heterocycles. The fourth-order valence-corrected chi connectivity index (χ4v) is 2.77. The number of hydrogen-bond acceptors (Lipinski definition) is 4. The fourth-order valence-electron chi connectivity index (χ4n) is 2.77. The summed E-state index contributed by atoms with van der Waals surface area (Å²) in [4.78, 5) is 28.7. The Labute approximate surface area is 178 Å². The molecule has 0 saturated heterocycles. The van der Waals surface area contributed by atoms with E-state index < -0.39 is 5.41 Å². The summed E-state index contributed by atoms with van der Waals surface area (Å²) in [5.41, 5.74) is 7.20. The molecule has 0 aliphatic heterocycles. The molecule has 28 heavy (non-hydrogen) atoms. The average molecular weight is 427 g/mol. The number of rotatable bonds is 8. The zero-order valence-electron chi connectivity index (χ0n) is 16.1. The normalized spacial score (nSPS) is 10.2. The van der Waals surface area contributed by atoms with Gasteiger partial charge in [0, 0.05) is 25.0 Å². The Morgan fingerprint density at radius 2 is 1.79 bits per heavy atom. The summed E-state index contributed by atoms with van der Waals surface area (Å²) in [5, 5.41) is 5.78. The number of aromatic nitrogens is 1. The van der Waals surface area contributed by atoms with Gasteiger partial charge in [0.15, 0.2) is 0 Å². The van der Waals surface area contributed by atoms with Crippen LogP contribution >= 0.6 is 24.8 Å². The minimum absolute atomic E-state index is 0. The largest absolute Gasteiger partial charge is 0.352 e. The van der Waals surface area contributed by atoms with E-state index in [1.165, 1.54) is 0 Å². The lowest BCUT2D eigenvalue weighted by Crippen LogP contribution is -2.45. The molecule has 0 atom stereocenters. The number of nitrogens with one attached hydrogen (secondary N) is 2. The highest BCUT2D eigenvalue weighted by atomic mass is 35.5. The van der Waals surface area contributed by atoms with Crippen LogP contribution in [0.15, 0.2) is 48.7 Å². The number of hydrogen-bond donors (Lipinski definition) is 3. The summed E-state index contributed by atoms with van der Waals surface area (Å²) in [6.07, 6.45) is 2.98. The van der Waals surface area contributed by atoms with Crippen LogP contribution in [0, 0.1) is 5.41 Å². The van der Waals surface area contributed by atoms with E-state index in [2.05, 4.69) is 15.6 Å². The molecule has 8 heteroatoms. The second-order valence-electron chi connectivity index (χ2n) is 6.24. The molecule has 1 aromatic carbocycles. The van der Waals surface area contributed by atoms with Crippen molar-refractivity contribution in [1.82, 2.24) is 10.3 Å². The standard InChI is InChI=1S/C20H26N4O2.2ClH/c1-3-20(4-2,14-21)19(26)23-13-15-8-7-9-16(12-15)24-18(25)17-10-5-6-11-22-17;;/h5-12H,3-4,13-14,21H2,1-2H3,(H,23,26)(H,24,25);2*1H. The summed E-state index contributed by atoms with van der Waals surface area (Å²) in [7, 11) is 0. The van der Waals surface area contributed by atoms with Crippen molar-refractivity contribution in [3.63, 3.8) is 0 Å². The lowest BCUT2D eigenvalue weighted by molar-refractivity contribution is -0.131. The molecule has 0 aliphatic carbocycles. The Morgan fingerprint density at radius 3 is 2.36 bits per heavy atom. The Kier molecular flexibility index (Phi) is 11.4. The van der Waals surface area contributed by atoms with Gasteiger partial charge in [-0.25, -0.2) is 0 Å². The van der Waals surface area contributed by atoms with Crippen molar-refractivity contribution in [1.29, 1.82) is 0 Å². The molecule has 4 N–H and O–H groups in total. The predicted octanol–water partition coefficient (Wildman–Crippen LogP) is 3.56. The van der Waals surface area contributed by atoms with E-state index in [4.69, 9.17) is 5.73 Å². The van der Waals surface area contributed by atoms with E-state index in [1.54, 1.807) is 30.5 Å². The van der Waals surface area contributed by atoms with Crippen LogP contribution in [0.5, 0.6) is 0 Å². The Balaban J connectivity index is 0.00000364. The third kappa shape index (κ3) is 6.48. The fraction of sp³-hybridized carbons (Fsp3) is 0.350. The summed E-state index contributed by atoms with van der Waals surface area (Å²) in [6.45, 7) is 4.66. The van der Waals surface area contributed by atoms with Gasteiger partial charge in [0.1, 0.15) is 5.69 Å². The van der Waals surface area contributed by atoms with Crippen molar-refractivity contribution in [3.05, 3.63) is 59.9 Å². The molecule has 154 valence electrons. The van der Waals surface area contributed by atoms with Gasteiger partial charge in [-0.1, -0.05) is 32.0 Å². The van der Waals surface area contributed by atoms with E-state index in [9.17, 15) is 9.59 Å². The smallest absolute Gasteiger partial charge is 0.274 e. The lowest BCUT2D eigenvalue weighted by Gasteiger charge is -2.28. The first-order chi connectivity index (χ1) is 12.5. The number of carbonyl (C=O) groups is 2. The number of benzene rings is 1. The number of nitrogens with two attached hydrogens (primary N) is 1. The van der Waals surface area contributed by atoms with E-state index in [0.717, 1.165) is 5.56 Å². The number of pyridine rings is 1. The Bertz CT molecular complexity index is 745. The zero-order chi connectivity index (χ0) is 19.0. The maximum Gasteiger partial charge on any atom is 0.274 e. The van der Waals surface area contributed by atoms with Gasteiger partial charge in [0.2, 0.25) is 5.91 Å². The maximum atomic E-state index is 12.5. The van der Waals surface area contributed by atoms with Crippen LogP contribution in [0.25, 0.3) is 0 Å². The zero-order valence-corrected chi connectivity index (χ0v) is 17.7. The molecule has 2 aromatic rings. The van der Waals surface area contributed by atoms with E-state index >= 15 is 0 Å². The third-order valence-electron chi connectivity index (χ3n) is 4.76. The van der Waals surface area contributed by atoms with Gasteiger partial charge in [-0.2, -0.15) is 0 Å². The van der Waals surface area contributed by atoms with Crippen molar-refractivity contribution in [3.8, 4) is 0 Å². The number of amides is 2. The average Bonchev–Trinajstić information content (AvgIpc) is 2.69. The van der Waals surface area contributed by atoms with Crippen LogP contribution in [-0.2, 0) is 11.3 Å². The summed E-state index contributed by atoms with van der Waals surface area (Å²) >= 11 is 0. The van der Waals surface area contributed by atoms with Crippen LogP contribution in [0.2, 0.25) is 0 Å². The van der Waals surface area contributed by atoms with E-state index in [1.807, 2.05) is 32.0 Å². The number of nitrogens with zero attached hydrogens (tertiary/aromatic N) is 1. The molecular weight excluding hydrogens is 399 g/mol. The van der Waals surface area contributed by atoms with Crippen LogP contribution in [-0.4, -0.2) is 23.3 Å². The predicted molar refractivity (Wildman–Crippen MR) is 117 cm³/mol. The van der Waals surface area contributed by atoms with Crippen molar-refractivity contribution in [2.45, 2.75) is 33.2 Å².